The standard InChI is InChI=1S/C28H30Cl3N3O4S/c1-5-26(28(36)32-4)33(16-23-24(30)7-6-8-25(23)31)27(35)17-34(21-12-9-18(2)19(3)15-21)39(37,38)22-13-10-20(29)11-14-22/h6-15,26H,5,16-17H2,1-4H3,(H,32,36)/t26-/m1/s1. The fourth-order valence-corrected chi connectivity index (χ4v) is 6.13. The molecule has 39 heavy (non-hydrogen) atoms. The molecule has 3 aromatic rings. The highest BCUT2D eigenvalue weighted by Crippen LogP contribution is 2.29. The summed E-state index contributed by atoms with van der Waals surface area (Å²) in [6, 6.07) is 14.9. The fourth-order valence-electron chi connectivity index (χ4n) is 4.08. The van der Waals surface area contributed by atoms with Crippen molar-refractivity contribution in [1.82, 2.24) is 10.2 Å². The van der Waals surface area contributed by atoms with Crippen molar-refractivity contribution in [3.8, 4) is 0 Å². The average molecular weight is 611 g/mol. The third-order valence-corrected chi connectivity index (χ3v) is 9.23. The molecule has 0 aliphatic carbocycles. The third-order valence-electron chi connectivity index (χ3n) is 6.48. The lowest BCUT2D eigenvalue weighted by molar-refractivity contribution is -0.140. The number of anilines is 1. The van der Waals surface area contributed by atoms with Crippen molar-refractivity contribution in [2.75, 3.05) is 17.9 Å². The van der Waals surface area contributed by atoms with Crippen LogP contribution in [0.5, 0.6) is 0 Å². The first-order valence-corrected chi connectivity index (χ1v) is 14.8. The van der Waals surface area contributed by atoms with Gasteiger partial charge in [0.2, 0.25) is 11.8 Å². The number of nitrogens with one attached hydrogen (secondary N) is 1. The van der Waals surface area contributed by atoms with E-state index in [0.717, 1.165) is 15.4 Å². The smallest absolute Gasteiger partial charge is 0.264 e. The average Bonchev–Trinajstić information content (AvgIpc) is 2.90. The van der Waals surface area contributed by atoms with Gasteiger partial charge in [0.1, 0.15) is 12.6 Å². The highest BCUT2D eigenvalue weighted by atomic mass is 35.5. The van der Waals surface area contributed by atoms with Crippen LogP contribution in [0.1, 0.15) is 30.0 Å². The summed E-state index contributed by atoms with van der Waals surface area (Å²) < 4.78 is 28.8. The predicted octanol–water partition coefficient (Wildman–Crippen LogP) is 6.01. The summed E-state index contributed by atoms with van der Waals surface area (Å²) in [4.78, 5) is 28.1. The van der Waals surface area contributed by atoms with Crippen LogP contribution in [0.3, 0.4) is 0 Å². The Morgan fingerprint density at radius 2 is 1.54 bits per heavy atom. The zero-order chi connectivity index (χ0) is 28.9. The molecule has 0 aliphatic rings. The molecular formula is C28H30Cl3N3O4S. The Bertz CT molecular complexity index is 1440. The number of amides is 2. The highest BCUT2D eigenvalue weighted by Gasteiger charge is 2.34. The molecule has 0 unspecified atom stereocenters. The van der Waals surface area contributed by atoms with Crippen LogP contribution in [-0.4, -0.2) is 44.8 Å². The second-order valence-corrected chi connectivity index (χ2v) is 12.1. The Morgan fingerprint density at radius 1 is 0.923 bits per heavy atom. The number of likely N-dealkylation sites (N-methyl/N-ethyl adjacent to an activating group) is 1. The molecule has 0 fully saturated rings. The number of carbonyl (C=O) groups excluding carboxylic acids is 2. The van der Waals surface area contributed by atoms with E-state index in [0.29, 0.717) is 26.3 Å². The molecule has 0 bridgehead atoms. The van der Waals surface area contributed by atoms with Gasteiger partial charge in [0.05, 0.1) is 10.6 Å². The summed E-state index contributed by atoms with van der Waals surface area (Å²) >= 11 is 18.8. The zero-order valence-electron chi connectivity index (χ0n) is 22.0. The Kier molecular flexibility index (Phi) is 10.3. The van der Waals surface area contributed by atoms with Gasteiger partial charge in [-0.3, -0.25) is 13.9 Å². The van der Waals surface area contributed by atoms with Crippen LogP contribution >= 0.6 is 34.8 Å². The van der Waals surface area contributed by atoms with Gasteiger partial charge in [-0.1, -0.05) is 53.9 Å². The van der Waals surface area contributed by atoms with Gasteiger partial charge in [0, 0.05) is 34.2 Å². The van der Waals surface area contributed by atoms with Crippen LogP contribution in [0.25, 0.3) is 0 Å². The maximum absolute atomic E-state index is 14.0. The summed E-state index contributed by atoms with van der Waals surface area (Å²) in [5.41, 5.74) is 2.59. The number of nitrogens with zero attached hydrogens (tertiary/aromatic N) is 2. The van der Waals surface area contributed by atoms with Crippen molar-refractivity contribution in [3.05, 3.63) is 92.4 Å². The third kappa shape index (κ3) is 7.06. The maximum Gasteiger partial charge on any atom is 0.264 e. The van der Waals surface area contributed by atoms with Crippen molar-refractivity contribution in [2.45, 2.75) is 44.7 Å². The number of aryl methyl sites for hydroxylation is 2. The number of sulfonamides is 1. The molecule has 1 N–H and O–H groups in total. The Labute approximate surface area is 244 Å². The number of benzene rings is 3. The number of rotatable bonds is 10. The Balaban J connectivity index is 2.12. The fraction of sp³-hybridized carbons (Fsp3) is 0.286. The molecule has 0 spiro atoms. The Hall–Kier alpha value is -2.78. The second kappa shape index (κ2) is 13.0. The molecule has 0 radical (unpaired) electrons. The normalized spacial score (nSPS) is 12.1. The van der Waals surface area contributed by atoms with E-state index in [1.54, 1.807) is 43.3 Å². The molecule has 1 atom stereocenters. The molecule has 0 saturated heterocycles. The van der Waals surface area contributed by atoms with Crippen LogP contribution in [0.4, 0.5) is 5.69 Å². The largest absolute Gasteiger partial charge is 0.357 e. The van der Waals surface area contributed by atoms with Crippen LogP contribution in [0.2, 0.25) is 15.1 Å². The molecule has 3 rings (SSSR count). The van der Waals surface area contributed by atoms with E-state index in [4.69, 9.17) is 34.8 Å². The lowest BCUT2D eigenvalue weighted by Gasteiger charge is -2.33. The van der Waals surface area contributed by atoms with Crippen molar-refractivity contribution in [3.63, 3.8) is 0 Å². The molecule has 208 valence electrons. The summed E-state index contributed by atoms with van der Waals surface area (Å²) in [6.07, 6.45) is 0.279. The number of halogens is 3. The summed E-state index contributed by atoms with van der Waals surface area (Å²) in [6.45, 7) is 4.87. The molecule has 0 saturated carbocycles. The summed E-state index contributed by atoms with van der Waals surface area (Å²) in [5, 5.41) is 3.61. The van der Waals surface area contributed by atoms with E-state index in [-0.39, 0.29) is 17.9 Å². The van der Waals surface area contributed by atoms with Gasteiger partial charge in [-0.25, -0.2) is 8.42 Å². The predicted molar refractivity (Wildman–Crippen MR) is 157 cm³/mol. The minimum absolute atomic E-state index is 0.0306. The molecule has 7 nitrogen and oxygen atoms in total. The maximum atomic E-state index is 14.0. The second-order valence-electron chi connectivity index (χ2n) is 8.99. The highest BCUT2D eigenvalue weighted by molar-refractivity contribution is 7.92. The van der Waals surface area contributed by atoms with Gasteiger partial charge in [0.25, 0.3) is 10.0 Å². The molecule has 0 aromatic heterocycles. The van der Waals surface area contributed by atoms with Crippen molar-refractivity contribution >= 4 is 62.3 Å². The Morgan fingerprint density at radius 3 is 2.08 bits per heavy atom. The van der Waals surface area contributed by atoms with Crippen molar-refractivity contribution in [1.29, 1.82) is 0 Å². The van der Waals surface area contributed by atoms with Gasteiger partial charge >= 0.3 is 0 Å². The summed E-state index contributed by atoms with van der Waals surface area (Å²) in [7, 11) is -2.73. The first-order valence-electron chi connectivity index (χ1n) is 12.2. The van der Waals surface area contributed by atoms with E-state index in [9.17, 15) is 18.0 Å². The van der Waals surface area contributed by atoms with Gasteiger partial charge in [-0.15, -0.1) is 0 Å². The van der Waals surface area contributed by atoms with Crippen molar-refractivity contribution in [2.24, 2.45) is 0 Å². The number of carbonyl (C=O) groups is 2. The van der Waals surface area contributed by atoms with Crippen LogP contribution < -0.4 is 9.62 Å². The first-order chi connectivity index (χ1) is 18.4. The van der Waals surface area contributed by atoms with E-state index >= 15 is 0 Å². The molecule has 11 heteroatoms. The number of hydrogen-bond donors (Lipinski definition) is 1. The minimum atomic E-state index is -4.20. The summed E-state index contributed by atoms with van der Waals surface area (Å²) in [5.74, 6) is -0.996. The van der Waals surface area contributed by atoms with Gasteiger partial charge in [-0.2, -0.15) is 0 Å². The molecular weight excluding hydrogens is 581 g/mol. The molecule has 0 heterocycles. The quantitative estimate of drug-likeness (QED) is 0.305. The zero-order valence-corrected chi connectivity index (χ0v) is 25.1. The van der Waals surface area contributed by atoms with Crippen LogP contribution in [0, 0.1) is 13.8 Å². The van der Waals surface area contributed by atoms with E-state index in [1.165, 1.54) is 36.2 Å². The topological polar surface area (TPSA) is 86.8 Å². The van der Waals surface area contributed by atoms with Gasteiger partial charge in [0.15, 0.2) is 0 Å². The molecule has 0 aliphatic heterocycles. The lowest BCUT2D eigenvalue weighted by atomic mass is 10.1. The first kappa shape index (κ1) is 30.8. The monoisotopic (exact) mass is 609 g/mol. The van der Waals surface area contributed by atoms with Crippen LogP contribution in [0.15, 0.2) is 65.6 Å². The molecule has 3 aromatic carbocycles. The van der Waals surface area contributed by atoms with E-state index in [2.05, 4.69) is 5.32 Å². The SMILES string of the molecule is CC[C@H](C(=O)NC)N(Cc1c(Cl)cccc1Cl)C(=O)CN(c1ccc(C)c(C)c1)S(=O)(=O)c1ccc(Cl)cc1. The molecule has 2 amide bonds. The van der Waals surface area contributed by atoms with Crippen molar-refractivity contribution < 1.29 is 18.0 Å². The van der Waals surface area contributed by atoms with E-state index < -0.39 is 34.4 Å². The lowest BCUT2D eigenvalue weighted by Crippen LogP contribution is -2.51. The number of hydrogen-bond acceptors (Lipinski definition) is 4. The van der Waals surface area contributed by atoms with Gasteiger partial charge < -0.3 is 10.2 Å². The van der Waals surface area contributed by atoms with Gasteiger partial charge in [-0.05, 0) is 79.9 Å². The van der Waals surface area contributed by atoms with E-state index in [1.807, 2.05) is 13.8 Å². The van der Waals surface area contributed by atoms with Crippen LogP contribution in [-0.2, 0) is 26.2 Å². The minimum Gasteiger partial charge on any atom is -0.357 e.